The summed E-state index contributed by atoms with van der Waals surface area (Å²) in [7, 11) is 0. The Morgan fingerprint density at radius 2 is 1.67 bits per heavy atom. The van der Waals surface area contributed by atoms with Crippen LogP contribution in [0.5, 0.6) is 5.75 Å². The molecule has 8 heteroatoms. The maximum absolute atomic E-state index is 11.8. The number of benzene rings is 2. The van der Waals surface area contributed by atoms with Gasteiger partial charge in [0.25, 0.3) is 5.91 Å². The van der Waals surface area contributed by atoms with Gasteiger partial charge in [-0.1, -0.05) is 30.3 Å². The van der Waals surface area contributed by atoms with E-state index >= 15 is 0 Å². The van der Waals surface area contributed by atoms with E-state index in [9.17, 15) is 14.4 Å². The maximum atomic E-state index is 11.8. The van der Waals surface area contributed by atoms with Crippen LogP contribution < -0.4 is 20.8 Å². The van der Waals surface area contributed by atoms with Crippen molar-refractivity contribution in [2.24, 2.45) is 5.10 Å². The number of nitrogens with zero attached hydrogens (tertiary/aromatic N) is 1. The van der Waals surface area contributed by atoms with Gasteiger partial charge in [-0.05, 0) is 49.2 Å². The predicted molar refractivity (Wildman–Crippen MR) is 114 cm³/mol. The quantitative estimate of drug-likeness (QED) is 0.315. The third kappa shape index (κ3) is 9.01. The molecule has 0 atom stereocenters. The van der Waals surface area contributed by atoms with Crippen LogP contribution in [0.2, 0.25) is 0 Å². The van der Waals surface area contributed by atoms with Gasteiger partial charge in [-0.2, -0.15) is 5.10 Å². The Balaban J connectivity index is 1.69. The Hall–Kier alpha value is -3.68. The fourth-order valence-electron chi connectivity index (χ4n) is 2.39. The van der Waals surface area contributed by atoms with E-state index in [1.54, 1.807) is 24.3 Å². The summed E-state index contributed by atoms with van der Waals surface area (Å²) in [6, 6.07) is 16.4. The second kappa shape index (κ2) is 12.0. The fraction of sp³-hybridized carbons (Fsp3) is 0.273. The Morgan fingerprint density at radius 3 is 2.33 bits per heavy atom. The van der Waals surface area contributed by atoms with Crippen LogP contribution in [0.3, 0.4) is 0 Å². The largest absolute Gasteiger partial charge is 0.484 e. The summed E-state index contributed by atoms with van der Waals surface area (Å²) in [5.74, 6) is -0.529. The average Bonchev–Trinajstić information content (AvgIpc) is 2.72. The van der Waals surface area contributed by atoms with E-state index in [-0.39, 0.29) is 30.9 Å². The fourth-order valence-corrected chi connectivity index (χ4v) is 2.39. The molecule has 0 unspecified atom stereocenters. The second-order valence-electron chi connectivity index (χ2n) is 6.81. The lowest BCUT2D eigenvalue weighted by molar-refractivity contribution is -0.129. The highest BCUT2D eigenvalue weighted by molar-refractivity contribution is 5.97. The topological polar surface area (TPSA) is 109 Å². The first-order chi connectivity index (χ1) is 14.4. The van der Waals surface area contributed by atoms with Crippen molar-refractivity contribution in [3.05, 3.63) is 65.7 Å². The number of hydrogen-bond acceptors (Lipinski definition) is 5. The van der Waals surface area contributed by atoms with E-state index in [1.165, 1.54) is 6.21 Å². The van der Waals surface area contributed by atoms with Gasteiger partial charge >= 0.3 is 0 Å². The molecule has 0 saturated heterocycles. The SMILES string of the molecule is CC(C)NC(=O)COc1ccc(/C=N/NC(=O)CC(=O)NCc2ccccc2)cc1. The molecule has 0 spiro atoms. The molecule has 0 fully saturated rings. The van der Waals surface area contributed by atoms with E-state index in [0.717, 1.165) is 11.1 Å². The molecule has 2 rings (SSSR count). The Morgan fingerprint density at radius 1 is 0.967 bits per heavy atom. The normalized spacial score (nSPS) is 10.6. The third-order valence-corrected chi connectivity index (χ3v) is 3.76. The van der Waals surface area contributed by atoms with E-state index in [1.807, 2.05) is 44.2 Å². The first-order valence-corrected chi connectivity index (χ1v) is 9.57. The van der Waals surface area contributed by atoms with Crippen LogP contribution in [0.15, 0.2) is 59.7 Å². The molecule has 0 radical (unpaired) electrons. The lowest BCUT2D eigenvalue weighted by Gasteiger charge is -2.09. The summed E-state index contributed by atoms with van der Waals surface area (Å²) in [4.78, 5) is 35.2. The zero-order valence-electron chi connectivity index (χ0n) is 17.1. The van der Waals surface area contributed by atoms with Crippen molar-refractivity contribution in [3.63, 3.8) is 0 Å². The van der Waals surface area contributed by atoms with Crippen molar-refractivity contribution in [3.8, 4) is 5.75 Å². The molecule has 0 aliphatic heterocycles. The summed E-state index contributed by atoms with van der Waals surface area (Å²) in [5.41, 5.74) is 4.00. The van der Waals surface area contributed by atoms with Gasteiger partial charge in [0.1, 0.15) is 12.2 Å². The molecule has 2 aromatic carbocycles. The number of carbonyl (C=O) groups excluding carboxylic acids is 3. The lowest BCUT2D eigenvalue weighted by Crippen LogP contribution is -2.34. The van der Waals surface area contributed by atoms with Crippen molar-refractivity contribution in [2.75, 3.05) is 6.61 Å². The molecule has 0 aromatic heterocycles. The lowest BCUT2D eigenvalue weighted by atomic mass is 10.2. The minimum atomic E-state index is -0.507. The maximum Gasteiger partial charge on any atom is 0.258 e. The van der Waals surface area contributed by atoms with Crippen LogP contribution in [0.4, 0.5) is 0 Å². The van der Waals surface area contributed by atoms with Crippen molar-refractivity contribution in [1.29, 1.82) is 0 Å². The molecule has 0 saturated carbocycles. The van der Waals surface area contributed by atoms with Crippen molar-refractivity contribution in [1.82, 2.24) is 16.1 Å². The van der Waals surface area contributed by atoms with Crippen LogP contribution in [0.1, 0.15) is 31.4 Å². The summed E-state index contributed by atoms with van der Waals surface area (Å²) in [6.07, 6.45) is 1.14. The van der Waals surface area contributed by atoms with Gasteiger partial charge in [-0.15, -0.1) is 0 Å². The average molecular weight is 410 g/mol. The minimum absolute atomic E-state index is 0.0600. The van der Waals surface area contributed by atoms with Crippen molar-refractivity contribution < 1.29 is 19.1 Å². The molecule has 0 aliphatic carbocycles. The van der Waals surface area contributed by atoms with Crippen LogP contribution in [-0.2, 0) is 20.9 Å². The van der Waals surface area contributed by atoms with Gasteiger partial charge in [-0.3, -0.25) is 14.4 Å². The Bertz CT molecular complexity index is 864. The third-order valence-electron chi connectivity index (χ3n) is 3.76. The number of carbonyl (C=O) groups is 3. The van der Waals surface area contributed by atoms with Crippen LogP contribution in [0.25, 0.3) is 0 Å². The standard InChI is InChI=1S/C22H26N4O4/c1-16(2)25-22(29)15-30-19-10-8-18(9-11-19)14-24-26-21(28)12-20(27)23-13-17-6-4-3-5-7-17/h3-11,14,16H,12-13,15H2,1-2H3,(H,23,27)(H,25,29)(H,26,28)/b24-14+. The van der Waals surface area contributed by atoms with Gasteiger partial charge in [0.2, 0.25) is 11.8 Å². The molecule has 30 heavy (non-hydrogen) atoms. The molecule has 3 N–H and O–H groups in total. The van der Waals surface area contributed by atoms with Crippen molar-refractivity contribution >= 4 is 23.9 Å². The molecule has 0 aliphatic rings. The van der Waals surface area contributed by atoms with Crippen LogP contribution in [-0.4, -0.2) is 36.6 Å². The molecule has 158 valence electrons. The van der Waals surface area contributed by atoms with Gasteiger partial charge in [0.05, 0.1) is 6.21 Å². The summed E-state index contributed by atoms with van der Waals surface area (Å²) < 4.78 is 5.39. The highest BCUT2D eigenvalue weighted by Crippen LogP contribution is 2.10. The zero-order chi connectivity index (χ0) is 21.8. The van der Waals surface area contributed by atoms with Crippen molar-refractivity contribution in [2.45, 2.75) is 32.9 Å². The van der Waals surface area contributed by atoms with Gasteiger partial charge in [0.15, 0.2) is 6.61 Å². The highest BCUT2D eigenvalue weighted by Gasteiger charge is 2.08. The monoisotopic (exact) mass is 410 g/mol. The summed E-state index contributed by atoms with van der Waals surface area (Å²) in [5, 5.41) is 9.26. The van der Waals surface area contributed by atoms with E-state index in [2.05, 4.69) is 21.2 Å². The van der Waals surface area contributed by atoms with Gasteiger partial charge < -0.3 is 15.4 Å². The number of ether oxygens (including phenoxy) is 1. The van der Waals surface area contributed by atoms with Gasteiger partial charge in [-0.25, -0.2) is 5.43 Å². The number of hydrogen-bond donors (Lipinski definition) is 3. The predicted octanol–water partition coefficient (Wildman–Crippen LogP) is 1.75. The first kappa shape index (κ1) is 22.6. The molecule has 3 amide bonds. The number of nitrogens with one attached hydrogen (secondary N) is 3. The molecule has 2 aromatic rings. The summed E-state index contributed by atoms with van der Waals surface area (Å²) >= 11 is 0. The first-order valence-electron chi connectivity index (χ1n) is 9.57. The van der Waals surface area contributed by atoms with E-state index in [0.29, 0.717) is 12.3 Å². The second-order valence-corrected chi connectivity index (χ2v) is 6.81. The van der Waals surface area contributed by atoms with E-state index in [4.69, 9.17) is 4.74 Å². The zero-order valence-corrected chi connectivity index (χ0v) is 17.1. The Kier molecular flexibility index (Phi) is 9.05. The number of hydrazone groups is 1. The molecule has 8 nitrogen and oxygen atoms in total. The number of amides is 3. The molecule has 0 bridgehead atoms. The number of rotatable bonds is 10. The van der Waals surface area contributed by atoms with E-state index < -0.39 is 5.91 Å². The molecular weight excluding hydrogens is 384 g/mol. The van der Waals surface area contributed by atoms with Crippen LogP contribution >= 0.6 is 0 Å². The molecular formula is C22H26N4O4. The highest BCUT2D eigenvalue weighted by atomic mass is 16.5. The van der Waals surface area contributed by atoms with Gasteiger partial charge in [0, 0.05) is 12.6 Å². The summed E-state index contributed by atoms with van der Waals surface area (Å²) in [6.45, 7) is 4.06. The Labute approximate surface area is 175 Å². The van der Waals surface area contributed by atoms with Crippen LogP contribution in [0, 0.1) is 0 Å². The minimum Gasteiger partial charge on any atom is -0.484 e. The smallest absolute Gasteiger partial charge is 0.258 e. The molecule has 0 heterocycles.